The Morgan fingerprint density at radius 1 is 1.45 bits per heavy atom. The van der Waals surface area contributed by atoms with E-state index in [2.05, 4.69) is 15.9 Å². The van der Waals surface area contributed by atoms with Crippen LogP contribution in [0.2, 0.25) is 0 Å². The molecule has 11 heavy (non-hydrogen) atoms. The van der Waals surface area contributed by atoms with Crippen molar-refractivity contribution in [1.82, 2.24) is 0 Å². The molecule has 0 fully saturated rings. The van der Waals surface area contributed by atoms with Gasteiger partial charge in [-0.3, -0.25) is 0 Å². The third-order valence-corrected chi connectivity index (χ3v) is 2.07. The molecular formula is C8H6BrO2-. The van der Waals surface area contributed by atoms with Crippen LogP contribution in [0.3, 0.4) is 0 Å². The molecule has 0 spiro atoms. The molecule has 0 aliphatic heterocycles. The molecule has 0 unspecified atom stereocenters. The third-order valence-electron chi connectivity index (χ3n) is 1.29. The zero-order valence-electron chi connectivity index (χ0n) is 5.71. The lowest BCUT2D eigenvalue weighted by atomic mass is 10.2. The van der Waals surface area contributed by atoms with Gasteiger partial charge in [-0.25, -0.2) is 0 Å². The predicted octanol–water partition coefficient (Wildman–Crippen LogP) is 0.741. The van der Waals surface area contributed by atoms with Gasteiger partial charge in [0.25, 0.3) is 0 Å². The van der Waals surface area contributed by atoms with E-state index in [-0.39, 0.29) is 6.42 Å². The highest BCUT2D eigenvalue weighted by atomic mass is 79.9. The molecule has 0 saturated carbocycles. The summed E-state index contributed by atoms with van der Waals surface area (Å²) in [7, 11) is 0. The standard InChI is InChI=1S/C8H7BrO2/c9-7-4-2-1-3-6(7)5-8(10)11/h1-4H,5H2,(H,10,11)/p-1. The number of carboxylic acids is 1. The molecular weight excluding hydrogens is 208 g/mol. The van der Waals surface area contributed by atoms with Crippen LogP contribution < -0.4 is 5.11 Å². The first-order valence-corrected chi connectivity index (χ1v) is 3.92. The maximum Gasteiger partial charge on any atom is 0.0458 e. The molecule has 0 aromatic heterocycles. The number of carbonyl (C=O) groups is 1. The van der Waals surface area contributed by atoms with Crippen molar-refractivity contribution < 1.29 is 9.90 Å². The van der Waals surface area contributed by atoms with Gasteiger partial charge in [-0.15, -0.1) is 0 Å². The van der Waals surface area contributed by atoms with E-state index in [0.29, 0.717) is 0 Å². The molecule has 0 bridgehead atoms. The van der Waals surface area contributed by atoms with Crippen molar-refractivity contribution in [2.45, 2.75) is 6.42 Å². The number of aliphatic carboxylic acids is 1. The van der Waals surface area contributed by atoms with Crippen LogP contribution in [0, 0.1) is 0 Å². The van der Waals surface area contributed by atoms with E-state index in [0.717, 1.165) is 10.0 Å². The van der Waals surface area contributed by atoms with Gasteiger partial charge >= 0.3 is 0 Å². The Labute approximate surface area is 73.0 Å². The third kappa shape index (κ3) is 2.35. The van der Waals surface area contributed by atoms with Crippen LogP contribution in [0.5, 0.6) is 0 Å². The Morgan fingerprint density at radius 3 is 2.64 bits per heavy atom. The van der Waals surface area contributed by atoms with Crippen LogP contribution >= 0.6 is 15.9 Å². The van der Waals surface area contributed by atoms with Crippen LogP contribution in [0.25, 0.3) is 0 Å². The molecule has 0 aliphatic carbocycles. The monoisotopic (exact) mass is 213 g/mol. The topological polar surface area (TPSA) is 40.1 Å². The van der Waals surface area contributed by atoms with Gasteiger partial charge in [0, 0.05) is 16.9 Å². The maximum atomic E-state index is 10.2. The minimum atomic E-state index is -1.06. The van der Waals surface area contributed by atoms with Gasteiger partial charge in [0.15, 0.2) is 0 Å². The van der Waals surface area contributed by atoms with E-state index in [1.54, 1.807) is 18.2 Å². The van der Waals surface area contributed by atoms with Gasteiger partial charge in [0.1, 0.15) is 0 Å². The summed E-state index contributed by atoms with van der Waals surface area (Å²) in [6.45, 7) is 0. The van der Waals surface area contributed by atoms with Gasteiger partial charge in [-0.1, -0.05) is 34.1 Å². The fourth-order valence-corrected chi connectivity index (χ4v) is 1.22. The van der Waals surface area contributed by atoms with Crippen LogP contribution in [0.1, 0.15) is 5.56 Å². The quantitative estimate of drug-likeness (QED) is 0.728. The second-order valence-corrected chi connectivity index (χ2v) is 2.99. The van der Waals surface area contributed by atoms with Crippen molar-refractivity contribution in [3.63, 3.8) is 0 Å². The summed E-state index contributed by atoms with van der Waals surface area (Å²) >= 11 is 3.23. The molecule has 0 atom stereocenters. The van der Waals surface area contributed by atoms with E-state index >= 15 is 0 Å². The fourth-order valence-electron chi connectivity index (χ4n) is 0.797. The molecule has 0 saturated heterocycles. The average molecular weight is 214 g/mol. The van der Waals surface area contributed by atoms with Gasteiger partial charge in [-0.05, 0) is 11.6 Å². The number of carboxylic acid groups (broad SMARTS) is 1. The summed E-state index contributed by atoms with van der Waals surface area (Å²) in [5.74, 6) is -1.06. The Balaban J connectivity index is 2.86. The predicted molar refractivity (Wildman–Crippen MR) is 42.9 cm³/mol. The Kier molecular flexibility index (Phi) is 2.65. The molecule has 0 amide bonds. The number of halogens is 1. The molecule has 3 heteroatoms. The highest BCUT2D eigenvalue weighted by Crippen LogP contribution is 2.15. The molecule has 58 valence electrons. The lowest BCUT2D eigenvalue weighted by Gasteiger charge is -2.03. The molecule has 0 N–H and O–H groups in total. The fraction of sp³-hybridized carbons (Fsp3) is 0.125. The first-order chi connectivity index (χ1) is 5.20. The van der Waals surface area contributed by atoms with E-state index in [4.69, 9.17) is 0 Å². The first kappa shape index (κ1) is 8.27. The molecule has 1 rings (SSSR count). The highest BCUT2D eigenvalue weighted by molar-refractivity contribution is 9.10. The summed E-state index contributed by atoms with van der Waals surface area (Å²) in [5, 5.41) is 10.2. The number of rotatable bonds is 2. The zero-order valence-corrected chi connectivity index (χ0v) is 7.30. The van der Waals surface area contributed by atoms with Crippen LogP contribution in [-0.2, 0) is 11.2 Å². The number of hydrogen-bond acceptors (Lipinski definition) is 2. The average Bonchev–Trinajstić information content (AvgIpc) is 1.93. The summed E-state index contributed by atoms with van der Waals surface area (Å²) < 4.78 is 0.809. The smallest absolute Gasteiger partial charge is 0.0458 e. The zero-order chi connectivity index (χ0) is 8.27. The number of benzene rings is 1. The number of carbonyl (C=O) groups excluding carboxylic acids is 1. The summed E-state index contributed by atoms with van der Waals surface area (Å²) in [5.41, 5.74) is 0.743. The molecule has 2 nitrogen and oxygen atoms in total. The minimum Gasteiger partial charge on any atom is -0.550 e. The second kappa shape index (κ2) is 3.53. The number of hydrogen-bond donors (Lipinski definition) is 0. The van der Waals surface area contributed by atoms with Crippen LogP contribution in [0.4, 0.5) is 0 Å². The van der Waals surface area contributed by atoms with Gasteiger partial charge in [0.05, 0.1) is 0 Å². The first-order valence-electron chi connectivity index (χ1n) is 3.13. The summed E-state index contributed by atoms with van der Waals surface area (Å²) in [6.07, 6.45) is -0.0403. The van der Waals surface area contributed by atoms with Crippen molar-refractivity contribution in [3.8, 4) is 0 Å². The molecule has 1 aromatic rings. The van der Waals surface area contributed by atoms with Crippen LogP contribution in [0.15, 0.2) is 28.7 Å². The maximum absolute atomic E-state index is 10.2. The summed E-state index contributed by atoms with van der Waals surface area (Å²) in [6, 6.07) is 7.18. The summed E-state index contributed by atoms with van der Waals surface area (Å²) in [4.78, 5) is 10.2. The van der Waals surface area contributed by atoms with E-state index in [9.17, 15) is 9.90 Å². The Hall–Kier alpha value is -0.830. The second-order valence-electron chi connectivity index (χ2n) is 2.14. The van der Waals surface area contributed by atoms with E-state index in [1.807, 2.05) is 6.07 Å². The molecule has 0 aliphatic rings. The Bertz CT molecular complexity index is 271. The highest BCUT2D eigenvalue weighted by Gasteiger charge is 1.96. The van der Waals surface area contributed by atoms with E-state index < -0.39 is 5.97 Å². The van der Waals surface area contributed by atoms with Crippen molar-refractivity contribution in [1.29, 1.82) is 0 Å². The largest absolute Gasteiger partial charge is 0.550 e. The van der Waals surface area contributed by atoms with Crippen molar-refractivity contribution in [3.05, 3.63) is 34.3 Å². The van der Waals surface area contributed by atoms with Crippen molar-refractivity contribution >= 4 is 21.9 Å². The lowest BCUT2D eigenvalue weighted by Crippen LogP contribution is -2.24. The van der Waals surface area contributed by atoms with Crippen molar-refractivity contribution in [2.24, 2.45) is 0 Å². The van der Waals surface area contributed by atoms with Crippen molar-refractivity contribution in [2.75, 3.05) is 0 Å². The molecule has 1 aromatic carbocycles. The molecule has 0 radical (unpaired) electrons. The SMILES string of the molecule is O=C([O-])Cc1ccccc1Br. The minimum absolute atomic E-state index is 0.0403. The van der Waals surface area contributed by atoms with Gasteiger partial charge < -0.3 is 9.90 Å². The lowest BCUT2D eigenvalue weighted by molar-refractivity contribution is -0.304. The Morgan fingerprint density at radius 2 is 2.09 bits per heavy atom. The van der Waals surface area contributed by atoms with Gasteiger partial charge in [-0.2, -0.15) is 0 Å². The molecule has 0 heterocycles. The van der Waals surface area contributed by atoms with Crippen LogP contribution in [-0.4, -0.2) is 5.97 Å². The normalized spacial score (nSPS) is 9.55. The van der Waals surface area contributed by atoms with Gasteiger partial charge in [0.2, 0.25) is 0 Å². The van der Waals surface area contributed by atoms with E-state index in [1.165, 1.54) is 0 Å².